The maximum atomic E-state index is 14.4. The largest absolute Gasteiger partial charge is 0.497 e. The van der Waals surface area contributed by atoms with Crippen molar-refractivity contribution in [2.75, 3.05) is 13.7 Å². The number of nitrogens with zero attached hydrogens (tertiary/aromatic N) is 1. The number of urea groups is 1. The number of ether oxygens (including phenoxy) is 1. The van der Waals surface area contributed by atoms with Crippen LogP contribution >= 0.6 is 0 Å². The lowest BCUT2D eigenvalue weighted by Crippen LogP contribution is -2.55. The number of allylic oxidation sites excluding steroid dienone is 2. The van der Waals surface area contributed by atoms with Crippen molar-refractivity contribution in [3.8, 4) is 5.75 Å². The molecule has 3 aliphatic rings. The molecule has 53 heavy (non-hydrogen) atoms. The SMILES string of the molecule is COc1ccc(C(=O)c2cc3ccc2C2CCC(O)(CN(Cc4ccccc4)C(=O)NC(C)c4ccccc4)C2(C)CCC=C(C)CCC(O)C3)cc1. The molecule has 2 amide bonds. The minimum absolute atomic E-state index is 0.0976. The average Bonchev–Trinajstić information content (AvgIpc) is 3.42. The summed E-state index contributed by atoms with van der Waals surface area (Å²) in [5.74, 6) is 0.414. The fourth-order valence-electron chi connectivity index (χ4n) is 8.52. The van der Waals surface area contributed by atoms with Gasteiger partial charge in [-0.25, -0.2) is 4.79 Å². The van der Waals surface area contributed by atoms with E-state index in [1.54, 1.807) is 36.3 Å². The Morgan fingerprint density at radius 2 is 1.64 bits per heavy atom. The summed E-state index contributed by atoms with van der Waals surface area (Å²) in [6.45, 7) is 6.72. The highest BCUT2D eigenvalue weighted by atomic mass is 16.5. The van der Waals surface area contributed by atoms with Crippen molar-refractivity contribution in [1.29, 1.82) is 0 Å². The smallest absolute Gasteiger partial charge is 0.318 e. The van der Waals surface area contributed by atoms with Crippen LogP contribution < -0.4 is 10.1 Å². The van der Waals surface area contributed by atoms with E-state index in [4.69, 9.17) is 4.74 Å². The third kappa shape index (κ3) is 8.58. The Kier molecular flexibility index (Phi) is 11.9. The quantitative estimate of drug-likeness (QED) is 0.119. The third-order valence-corrected chi connectivity index (χ3v) is 11.9. The highest BCUT2D eigenvalue weighted by molar-refractivity contribution is 6.10. The van der Waals surface area contributed by atoms with Gasteiger partial charge in [-0.2, -0.15) is 0 Å². The van der Waals surface area contributed by atoms with Crippen molar-refractivity contribution in [3.63, 3.8) is 0 Å². The minimum atomic E-state index is -1.26. The topological polar surface area (TPSA) is 99.1 Å². The van der Waals surface area contributed by atoms with Gasteiger partial charge in [-0.05, 0) is 117 Å². The number of methoxy groups -OCH3 is 1. The fourth-order valence-corrected chi connectivity index (χ4v) is 8.52. The van der Waals surface area contributed by atoms with E-state index in [0.717, 1.165) is 35.1 Å². The number of amides is 2. The van der Waals surface area contributed by atoms with Gasteiger partial charge in [-0.1, -0.05) is 91.4 Å². The first kappa shape index (κ1) is 38.0. The second-order valence-corrected chi connectivity index (χ2v) is 15.4. The van der Waals surface area contributed by atoms with Crippen LogP contribution in [0.15, 0.2) is 115 Å². The normalized spacial score (nSPS) is 23.6. The summed E-state index contributed by atoms with van der Waals surface area (Å²) < 4.78 is 5.36. The zero-order valence-electron chi connectivity index (χ0n) is 31.6. The predicted molar refractivity (Wildman–Crippen MR) is 210 cm³/mol. The van der Waals surface area contributed by atoms with Crippen LogP contribution in [0.25, 0.3) is 0 Å². The monoisotopic (exact) mass is 714 g/mol. The molecule has 2 bridgehead atoms. The average molecular weight is 715 g/mol. The number of aliphatic hydroxyl groups is 2. The zero-order valence-corrected chi connectivity index (χ0v) is 31.6. The van der Waals surface area contributed by atoms with Gasteiger partial charge in [0.15, 0.2) is 5.78 Å². The van der Waals surface area contributed by atoms with Gasteiger partial charge >= 0.3 is 6.03 Å². The van der Waals surface area contributed by atoms with Crippen LogP contribution in [0, 0.1) is 5.41 Å². The number of hydrogen-bond acceptors (Lipinski definition) is 5. The summed E-state index contributed by atoms with van der Waals surface area (Å²) in [4.78, 5) is 30.4. The molecule has 0 radical (unpaired) electrons. The highest BCUT2D eigenvalue weighted by Crippen LogP contribution is 2.59. The van der Waals surface area contributed by atoms with E-state index in [-0.39, 0.29) is 30.3 Å². The number of carbonyl (C=O) groups is 2. The molecule has 0 aliphatic heterocycles. The lowest BCUT2D eigenvalue weighted by Gasteiger charge is -2.46. The van der Waals surface area contributed by atoms with E-state index in [2.05, 4.69) is 31.3 Å². The molecule has 0 heterocycles. The molecule has 7 heteroatoms. The Morgan fingerprint density at radius 3 is 2.34 bits per heavy atom. The number of benzene rings is 4. The second kappa shape index (κ2) is 16.5. The van der Waals surface area contributed by atoms with E-state index in [0.29, 0.717) is 55.5 Å². The van der Waals surface area contributed by atoms with Gasteiger partial charge in [0, 0.05) is 23.1 Å². The van der Waals surface area contributed by atoms with Crippen LogP contribution in [0.3, 0.4) is 0 Å². The van der Waals surface area contributed by atoms with Crippen LogP contribution in [0.2, 0.25) is 0 Å². The highest BCUT2D eigenvalue weighted by Gasteiger charge is 2.57. The molecule has 1 fully saturated rings. The Morgan fingerprint density at radius 1 is 0.943 bits per heavy atom. The maximum absolute atomic E-state index is 14.4. The Labute approximate surface area is 314 Å². The lowest BCUT2D eigenvalue weighted by molar-refractivity contribution is -0.0781. The molecule has 5 atom stereocenters. The number of nitrogens with one attached hydrogen (secondary N) is 1. The molecule has 5 unspecified atom stereocenters. The molecule has 4 aromatic carbocycles. The van der Waals surface area contributed by atoms with Gasteiger partial charge in [-0.3, -0.25) is 4.79 Å². The zero-order chi connectivity index (χ0) is 37.6. The van der Waals surface area contributed by atoms with Crippen molar-refractivity contribution in [2.45, 2.75) is 95.9 Å². The number of fused-ring (bicyclic) bond motifs is 8. The number of hydrogen-bond donors (Lipinski definition) is 3. The third-order valence-electron chi connectivity index (χ3n) is 11.9. The second-order valence-electron chi connectivity index (χ2n) is 15.4. The van der Waals surface area contributed by atoms with Gasteiger partial charge in [0.2, 0.25) is 0 Å². The molecular formula is C46H54N2O5. The molecule has 3 aliphatic carbocycles. The van der Waals surface area contributed by atoms with Gasteiger partial charge in [-0.15, -0.1) is 0 Å². The summed E-state index contributed by atoms with van der Waals surface area (Å²) in [5.41, 5.74) is 4.21. The summed E-state index contributed by atoms with van der Waals surface area (Å²) in [6.07, 6.45) is 6.08. The fraction of sp³-hybridized carbons (Fsp3) is 0.391. The van der Waals surface area contributed by atoms with Crippen LogP contribution in [0.5, 0.6) is 5.75 Å². The van der Waals surface area contributed by atoms with Crippen LogP contribution in [-0.4, -0.2) is 52.3 Å². The van der Waals surface area contributed by atoms with Gasteiger partial charge in [0.25, 0.3) is 0 Å². The number of ketones is 1. The summed E-state index contributed by atoms with van der Waals surface area (Å²) >= 11 is 0. The van der Waals surface area contributed by atoms with Gasteiger partial charge in [0.1, 0.15) is 5.75 Å². The van der Waals surface area contributed by atoms with E-state index >= 15 is 0 Å². The maximum Gasteiger partial charge on any atom is 0.318 e. The molecule has 0 saturated heterocycles. The molecule has 0 aromatic heterocycles. The molecule has 3 N–H and O–H groups in total. The molecule has 4 aromatic rings. The Hall–Kier alpha value is -4.72. The van der Waals surface area contributed by atoms with Gasteiger partial charge in [0.05, 0.1) is 31.4 Å². The standard InChI is InChI=1S/C46H54N2O5/c1-32-12-11-26-45(3)42(40-24-18-35(28-38(49)21-17-32)29-41(40)43(50)37-19-22-39(53-4)23-20-37)25-27-46(45,52)31-48(30-34-13-7-5-8-14-34)44(51)47-33(2)36-15-9-6-10-16-36/h5-10,12-16,18-20,22-24,29,33,38,42,49,52H,11,17,21,25-28,30-31H2,1-4H3,(H,47,51). The van der Waals surface area contributed by atoms with Crippen molar-refractivity contribution in [1.82, 2.24) is 10.2 Å². The van der Waals surface area contributed by atoms with Crippen LogP contribution in [0.1, 0.15) is 109 Å². The van der Waals surface area contributed by atoms with Crippen molar-refractivity contribution in [2.24, 2.45) is 5.41 Å². The minimum Gasteiger partial charge on any atom is -0.497 e. The number of carbonyl (C=O) groups excluding carboxylic acids is 2. The molecule has 7 rings (SSSR count). The Bertz CT molecular complexity index is 1890. The Balaban J connectivity index is 1.40. The van der Waals surface area contributed by atoms with Crippen LogP contribution in [-0.2, 0) is 13.0 Å². The first-order chi connectivity index (χ1) is 25.5. The first-order valence-electron chi connectivity index (χ1n) is 19.0. The molecule has 7 nitrogen and oxygen atoms in total. The van der Waals surface area contributed by atoms with Crippen molar-refractivity contribution in [3.05, 3.63) is 148 Å². The number of rotatable bonds is 9. The summed E-state index contributed by atoms with van der Waals surface area (Å²) in [7, 11) is 1.60. The molecular weight excluding hydrogens is 661 g/mol. The van der Waals surface area contributed by atoms with E-state index < -0.39 is 17.1 Å². The first-order valence-corrected chi connectivity index (χ1v) is 19.0. The van der Waals surface area contributed by atoms with Gasteiger partial charge < -0.3 is 25.2 Å². The van der Waals surface area contributed by atoms with Crippen molar-refractivity contribution < 1.29 is 24.5 Å². The summed E-state index contributed by atoms with van der Waals surface area (Å²) in [5, 5.41) is 27.3. The van der Waals surface area contributed by atoms with Crippen molar-refractivity contribution >= 4 is 11.8 Å². The summed E-state index contributed by atoms with van der Waals surface area (Å²) in [6, 6.07) is 32.6. The number of aliphatic hydroxyl groups excluding tert-OH is 1. The van der Waals surface area contributed by atoms with E-state index in [1.165, 1.54) is 5.57 Å². The molecule has 278 valence electrons. The molecule has 1 saturated carbocycles. The van der Waals surface area contributed by atoms with E-state index in [1.807, 2.05) is 79.7 Å². The van der Waals surface area contributed by atoms with E-state index in [9.17, 15) is 19.8 Å². The predicted octanol–water partition coefficient (Wildman–Crippen LogP) is 8.94. The van der Waals surface area contributed by atoms with Crippen LogP contribution in [0.4, 0.5) is 4.79 Å². The molecule has 0 spiro atoms. The lowest BCUT2D eigenvalue weighted by atomic mass is 9.64.